The summed E-state index contributed by atoms with van der Waals surface area (Å²) in [5.41, 5.74) is 11.4. The molecule has 0 aliphatic rings. The number of nitrogens with two attached hydrogens (primary N) is 1. The minimum Gasteiger partial charge on any atom is -0.324 e. The van der Waals surface area contributed by atoms with Crippen LogP contribution in [0.4, 0.5) is 0 Å². The van der Waals surface area contributed by atoms with Crippen LogP contribution in [-0.2, 0) is 0 Å². The molecule has 1 aromatic carbocycles. The van der Waals surface area contributed by atoms with Gasteiger partial charge in [0, 0.05) is 6.04 Å². The standard InChI is InChI=1S/C14H21N/c1-5-6-7-13(15)14-11(3)8-10(2)9-12(14)4/h5,8-9,13H,1,6-7,15H2,2-4H3/t13-/m1/s1. The molecule has 0 radical (unpaired) electrons. The van der Waals surface area contributed by atoms with Crippen LogP contribution in [0.15, 0.2) is 24.8 Å². The molecule has 0 saturated heterocycles. The lowest BCUT2D eigenvalue weighted by Crippen LogP contribution is -2.13. The van der Waals surface area contributed by atoms with Crippen molar-refractivity contribution < 1.29 is 0 Å². The van der Waals surface area contributed by atoms with E-state index in [9.17, 15) is 0 Å². The van der Waals surface area contributed by atoms with Crippen LogP contribution in [0.3, 0.4) is 0 Å². The van der Waals surface area contributed by atoms with E-state index >= 15 is 0 Å². The summed E-state index contributed by atoms with van der Waals surface area (Å²) in [6, 6.07) is 4.55. The molecule has 0 aliphatic heterocycles. The van der Waals surface area contributed by atoms with Gasteiger partial charge in [0.25, 0.3) is 0 Å². The molecule has 0 bridgehead atoms. The third-order valence-corrected chi connectivity index (χ3v) is 2.79. The molecule has 2 N–H and O–H groups in total. The molecule has 0 saturated carbocycles. The maximum absolute atomic E-state index is 6.19. The molecule has 1 atom stereocenters. The molecule has 82 valence electrons. The molecular formula is C14H21N. The molecule has 0 unspecified atom stereocenters. The minimum absolute atomic E-state index is 0.142. The summed E-state index contributed by atoms with van der Waals surface area (Å²) in [6.45, 7) is 10.1. The Morgan fingerprint density at radius 2 is 1.80 bits per heavy atom. The van der Waals surface area contributed by atoms with E-state index in [2.05, 4.69) is 39.5 Å². The average molecular weight is 203 g/mol. The molecule has 0 heterocycles. The van der Waals surface area contributed by atoms with Crippen LogP contribution in [0, 0.1) is 20.8 Å². The molecule has 1 nitrogen and oxygen atoms in total. The highest BCUT2D eigenvalue weighted by atomic mass is 14.6. The zero-order valence-corrected chi connectivity index (χ0v) is 10.0. The summed E-state index contributed by atoms with van der Waals surface area (Å²) in [5.74, 6) is 0. The van der Waals surface area contributed by atoms with Crippen LogP contribution in [0.2, 0.25) is 0 Å². The zero-order valence-electron chi connectivity index (χ0n) is 10.0. The Balaban J connectivity index is 2.97. The van der Waals surface area contributed by atoms with Crippen LogP contribution in [0.5, 0.6) is 0 Å². The highest BCUT2D eigenvalue weighted by molar-refractivity contribution is 5.39. The van der Waals surface area contributed by atoms with Crippen LogP contribution >= 0.6 is 0 Å². The lowest BCUT2D eigenvalue weighted by atomic mass is 9.92. The topological polar surface area (TPSA) is 26.0 Å². The van der Waals surface area contributed by atoms with Crippen LogP contribution < -0.4 is 5.73 Å². The van der Waals surface area contributed by atoms with E-state index in [1.807, 2.05) is 6.08 Å². The fraction of sp³-hybridized carbons (Fsp3) is 0.429. The molecule has 1 aromatic rings. The third kappa shape index (κ3) is 2.93. The fourth-order valence-electron chi connectivity index (χ4n) is 2.22. The second-order valence-corrected chi connectivity index (χ2v) is 4.28. The molecule has 0 spiro atoms. The predicted octanol–water partition coefficient (Wildman–Crippen LogP) is 3.58. The van der Waals surface area contributed by atoms with Crippen molar-refractivity contribution in [2.24, 2.45) is 5.73 Å². The molecule has 0 aromatic heterocycles. The lowest BCUT2D eigenvalue weighted by Gasteiger charge is -2.17. The molecule has 1 rings (SSSR count). The van der Waals surface area contributed by atoms with Crippen molar-refractivity contribution in [2.75, 3.05) is 0 Å². The first-order valence-electron chi connectivity index (χ1n) is 5.50. The van der Waals surface area contributed by atoms with Gasteiger partial charge in [0.05, 0.1) is 0 Å². The Morgan fingerprint density at radius 1 is 1.27 bits per heavy atom. The smallest absolute Gasteiger partial charge is 0.0303 e. The van der Waals surface area contributed by atoms with Gasteiger partial charge in [-0.15, -0.1) is 6.58 Å². The maximum Gasteiger partial charge on any atom is 0.0303 e. The molecule has 0 amide bonds. The van der Waals surface area contributed by atoms with Crippen LogP contribution in [-0.4, -0.2) is 0 Å². The molecule has 0 aliphatic carbocycles. The maximum atomic E-state index is 6.19. The Bertz CT molecular complexity index is 329. The Kier molecular flexibility index (Phi) is 4.10. The Morgan fingerprint density at radius 3 is 2.27 bits per heavy atom. The molecule has 15 heavy (non-hydrogen) atoms. The van der Waals surface area contributed by atoms with Crippen molar-refractivity contribution in [3.05, 3.63) is 47.0 Å². The van der Waals surface area contributed by atoms with Gasteiger partial charge in [0.2, 0.25) is 0 Å². The van der Waals surface area contributed by atoms with Gasteiger partial charge in [-0.2, -0.15) is 0 Å². The Hall–Kier alpha value is -1.08. The van der Waals surface area contributed by atoms with Gasteiger partial charge < -0.3 is 5.73 Å². The highest BCUT2D eigenvalue weighted by Crippen LogP contribution is 2.24. The number of rotatable bonds is 4. The summed E-state index contributed by atoms with van der Waals surface area (Å²) in [7, 11) is 0. The largest absolute Gasteiger partial charge is 0.324 e. The first kappa shape index (κ1) is 12.0. The molecular weight excluding hydrogens is 182 g/mol. The van der Waals surface area contributed by atoms with Crippen molar-refractivity contribution in [2.45, 2.75) is 39.7 Å². The summed E-state index contributed by atoms with van der Waals surface area (Å²) < 4.78 is 0. The third-order valence-electron chi connectivity index (χ3n) is 2.79. The van der Waals surface area contributed by atoms with E-state index in [4.69, 9.17) is 5.73 Å². The monoisotopic (exact) mass is 203 g/mol. The first-order chi connectivity index (χ1) is 7.06. The average Bonchev–Trinajstić information content (AvgIpc) is 2.12. The van der Waals surface area contributed by atoms with Crippen molar-refractivity contribution >= 4 is 0 Å². The van der Waals surface area contributed by atoms with E-state index in [-0.39, 0.29) is 6.04 Å². The summed E-state index contributed by atoms with van der Waals surface area (Å²) in [6.07, 6.45) is 3.89. The predicted molar refractivity (Wildman–Crippen MR) is 67.0 cm³/mol. The number of aryl methyl sites for hydroxylation is 3. The van der Waals surface area contributed by atoms with Crippen molar-refractivity contribution in [1.82, 2.24) is 0 Å². The zero-order chi connectivity index (χ0) is 11.4. The van der Waals surface area contributed by atoms with E-state index in [0.29, 0.717) is 0 Å². The quantitative estimate of drug-likeness (QED) is 0.744. The first-order valence-corrected chi connectivity index (χ1v) is 5.50. The van der Waals surface area contributed by atoms with Gasteiger partial charge in [0.1, 0.15) is 0 Å². The van der Waals surface area contributed by atoms with Crippen molar-refractivity contribution in [3.63, 3.8) is 0 Å². The van der Waals surface area contributed by atoms with Gasteiger partial charge >= 0.3 is 0 Å². The highest BCUT2D eigenvalue weighted by Gasteiger charge is 2.11. The lowest BCUT2D eigenvalue weighted by molar-refractivity contribution is 0.653. The SMILES string of the molecule is C=CCC[C@@H](N)c1c(C)cc(C)cc1C. The van der Waals surface area contributed by atoms with Gasteiger partial charge in [0.15, 0.2) is 0 Å². The Labute approximate surface area is 93.0 Å². The number of allylic oxidation sites excluding steroid dienone is 1. The number of hydrogen-bond acceptors (Lipinski definition) is 1. The van der Waals surface area contributed by atoms with E-state index < -0.39 is 0 Å². The fourth-order valence-corrected chi connectivity index (χ4v) is 2.22. The number of hydrogen-bond donors (Lipinski definition) is 1. The minimum atomic E-state index is 0.142. The molecule has 1 heteroatoms. The van der Waals surface area contributed by atoms with Crippen LogP contribution in [0.1, 0.15) is 41.1 Å². The van der Waals surface area contributed by atoms with Gasteiger partial charge in [-0.3, -0.25) is 0 Å². The van der Waals surface area contributed by atoms with Gasteiger partial charge in [-0.05, 0) is 50.3 Å². The van der Waals surface area contributed by atoms with Crippen molar-refractivity contribution in [1.29, 1.82) is 0 Å². The second-order valence-electron chi connectivity index (χ2n) is 4.28. The van der Waals surface area contributed by atoms with E-state index in [0.717, 1.165) is 12.8 Å². The normalized spacial score (nSPS) is 12.5. The molecule has 0 fully saturated rings. The second kappa shape index (κ2) is 5.13. The van der Waals surface area contributed by atoms with E-state index in [1.54, 1.807) is 0 Å². The van der Waals surface area contributed by atoms with Gasteiger partial charge in [-0.1, -0.05) is 23.8 Å². The number of benzene rings is 1. The summed E-state index contributed by atoms with van der Waals surface area (Å²) >= 11 is 0. The summed E-state index contributed by atoms with van der Waals surface area (Å²) in [4.78, 5) is 0. The van der Waals surface area contributed by atoms with Crippen LogP contribution in [0.25, 0.3) is 0 Å². The van der Waals surface area contributed by atoms with Crippen molar-refractivity contribution in [3.8, 4) is 0 Å². The van der Waals surface area contributed by atoms with E-state index in [1.165, 1.54) is 22.3 Å². The van der Waals surface area contributed by atoms with Gasteiger partial charge in [-0.25, -0.2) is 0 Å². The summed E-state index contributed by atoms with van der Waals surface area (Å²) in [5, 5.41) is 0.